The number of aromatic nitrogens is 3. The number of likely N-dealkylation sites (tertiary alicyclic amines) is 1. The van der Waals surface area contributed by atoms with Crippen LogP contribution in [0, 0.1) is 0 Å². The molecular formula is C16H16N6O4. The van der Waals surface area contributed by atoms with E-state index in [2.05, 4.69) is 20.9 Å². The number of hydrogen-bond acceptors (Lipinski definition) is 6. The van der Waals surface area contributed by atoms with Gasteiger partial charge < -0.3 is 10.2 Å². The van der Waals surface area contributed by atoms with Crippen molar-refractivity contribution in [1.29, 1.82) is 0 Å². The maximum Gasteiger partial charge on any atom is 0.322 e. The van der Waals surface area contributed by atoms with Gasteiger partial charge in [0.05, 0.1) is 5.39 Å². The first-order chi connectivity index (χ1) is 12.5. The molecule has 4 amide bonds. The maximum absolute atomic E-state index is 12.5. The van der Waals surface area contributed by atoms with E-state index >= 15 is 0 Å². The lowest BCUT2D eigenvalue weighted by Gasteiger charge is -2.36. The first-order valence-corrected chi connectivity index (χ1v) is 8.22. The van der Waals surface area contributed by atoms with E-state index in [1.807, 2.05) is 0 Å². The van der Waals surface area contributed by atoms with E-state index < -0.39 is 11.6 Å². The Morgan fingerprint density at radius 3 is 2.58 bits per heavy atom. The third-order valence-electron chi connectivity index (χ3n) is 4.90. The summed E-state index contributed by atoms with van der Waals surface area (Å²) in [6.07, 6.45) is 0.656. The van der Waals surface area contributed by atoms with E-state index in [0.29, 0.717) is 36.8 Å². The fourth-order valence-corrected chi connectivity index (χ4v) is 3.37. The van der Waals surface area contributed by atoms with Crippen LogP contribution in [-0.2, 0) is 16.1 Å². The van der Waals surface area contributed by atoms with Gasteiger partial charge in [-0.1, -0.05) is 17.3 Å². The monoisotopic (exact) mass is 356 g/mol. The molecule has 134 valence electrons. The first kappa shape index (κ1) is 16.2. The van der Waals surface area contributed by atoms with E-state index in [-0.39, 0.29) is 23.9 Å². The van der Waals surface area contributed by atoms with E-state index in [9.17, 15) is 19.2 Å². The summed E-state index contributed by atoms with van der Waals surface area (Å²) in [7, 11) is 0. The predicted molar refractivity (Wildman–Crippen MR) is 89.0 cm³/mol. The maximum atomic E-state index is 12.5. The Balaban J connectivity index is 1.47. The molecule has 0 radical (unpaired) electrons. The Morgan fingerprint density at radius 1 is 1.15 bits per heavy atom. The molecule has 0 saturated carbocycles. The van der Waals surface area contributed by atoms with Crippen LogP contribution in [0.3, 0.4) is 0 Å². The third kappa shape index (κ3) is 2.59. The number of fused-ring (bicyclic) bond motifs is 1. The standard InChI is InChI=1S/C16H16N6O4/c23-12(9-22-13(24)10-3-1-2-4-11(10)19-20-22)21-7-5-16(6-8-21)14(25)17-15(26)18-16/h1-4H,5-9H2,(H2,17,18,25,26). The number of urea groups is 1. The van der Waals surface area contributed by atoms with Crippen molar-refractivity contribution < 1.29 is 14.4 Å². The van der Waals surface area contributed by atoms with Gasteiger partial charge in [0.2, 0.25) is 5.91 Å². The summed E-state index contributed by atoms with van der Waals surface area (Å²) in [5.41, 5.74) is -0.836. The summed E-state index contributed by atoms with van der Waals surface area (Å²) in [6, 6.07) is 6.30. The van der Waals surface area contributed by atoms with Gasteiger partial charge in [-0.25, -0.2) is 9.48 Å². The Hall–Kier alpha value is -3.30. The fraction of sp³-hybridized carbons (Fsp3) is 0.375. The van der Waals surface area contributed by atoms with Crippen LogP contribution in [-0.4, -0.2) is 56.4 Å². The molecular weight excluding hydrogens is 340 g/mol. The average molecular weight is 356 g/mol. The molecule has 2 N–H and O–H groups in total. The molecule has 0 unspecified atom stereocenters. The van der Waals surface area contributed by atoms with E-state index in [1.54, 1.807) is 29.2 Å². The molecule has 1 aromatic carbocycles. The second kappa shape index (κ2) is 5.90. The molecule has 0 aliphatic carbocycles. The highest BCUT2D eigenvalue weighted by atomic mass is 16.2. The van der Waals surface area contributed by atoms with Gasteiger partial charge in [-0.05, 0) is 25.0 Å². The van der Waals surface area contributed by atoms with Crippen molar-refractivity contribution in [2.45, 2.75) is 24.9 Å². The summed E-state index contributed by atoms with van der Waals surface area (Å²) in [5, 5.41) is 13.1. The van der Waals surface area contributed by atoms with Crippen molar-refractivity contribution in [3.8, 4) is 0 Å². The SMILES string of the molecule is O=C1NC(=O)C2(CCN(C(=O)Cn3nnc4ccccc4c3=O)CC2)N1. The van der Waals surface area contributed by atoms with Gasteiger partial charge in [-0.3, -0.25) is 19.7 Å². The van der Waals surface area contributed by atoms with Crippen LogP contribution in [0.15, 0.2) is 29.1 Å². The van der Waals surface area contributed by atoms with Gasteiger partial charge in [0.1, 0.15) is 17.6 Å². The number of nitrogens with zero attached hydrogens (tertiary/aromatic N) is 4. The topological polar surface area (TPSA) is 126 Å². The molecule has 4 rings (SSSR count). The number of carbonyl (C=O) groups excluding carboxylic acids is 3. The number of carbonyl (C=O) groups is 3. The zero-order valence-corrected chi connectivity index (χ0v) is 13.8. The number of nitrogens with one attached hydrogen (secondary N) is 2. The first-order valence-electron chi connectivity index (χ1n) is 8.22. The van der Waals surface area contributed by atoms with Gasteiger partial charge in [0.15, 0.2) is 0 Å². The zero-order valence-electron chi connectivity index (χ0n) is 13.8. The lowest BCUT2D eigenvalue weighted by atomic mass is 9.88. The minimum Gasteiger partial charge on any atom is -0.341 e. The summed E-state index contributed by atoms with van der Waals surface area (Å²) in [6.45, 7) is 0.396. The molecule has 2 aliphatic rings. The number of piperidine rings is 1. The normalized spacial score (nSPS) is 18.8. The molecule has 26 heavy (non-hydrogen) atoms. The van der Waals surface area contributed by atoms with E-state index in [4.69, 9.17) is 0 Å². The number of amides is 4. The van der Waals surface area contributed by atoms with Crippen LogP contribution >= 0.6 is 0 Å². The van der Waals surface area contributed by atoms with Gasteiger partial charge in [-0.2, -0.15) is 0 Å². The number of hydrogen-bond donors (Lipinski definition) is 2. The molecule has 0 bridgehead atoms. The molecule has 10 heteroatoms. The van der Waals surface area contributed by atoms with Gasteiger partial charge >= 0.3 is 6.03 Å². The minimum absolute atomic E-state index is 0.220. The van der Waals surface area contributed by atoms with E-state index in [0.717, 1.165) is 4.68 Å². The summed E-state index contributed by atoms with van der Waals surface area (Å²) < 4.78 is 1.04. The Labute approximate surface area is 147 Å². The fourth-order valence-electron chi connectivity index (χ4n) is 3.37. The van der Waals surface area contributed by atoms with Gasteiger partial charge in [0, 0.05) is 13.1 Å². The highest BCUT2D eigenvalue weighted by Crippen LogP contribution is 2.25. The smallest absolute Gasteiger partial charge is 0.322 e. The second-order valence-corrected chi connectivity index (χ2v) is 6.44. The van der Waals surface area contributed by atoms with Gasteiger partial charge in [0.25, 0.3) is 11.5 Å². The lowest BCUT2D eigenvalue weighted by molar-refractivity contribution is -0.136. The van der Waals surface area contributed by atoms with Crippen molar-refractivity contribution in [2.75, 3.05) is 13.1 Å². The molecule has 1 spiro atoms. The molecule has 2 saturated heterocycles. The largest absolute Gasteiger partial charge is 0.341 e. The van der Waals surface area contributed by atoms with Crippen molar-refractivity contribution in [3.63, 3.8) is 0 Å². The average Bonchev–Trinajstić information content (AvgIpc) is 2.91. The number of imide groups is 1. The lowest BCUT2D eigenvalue weighted by Crippen LogP contribution is -2.56. The van der Waals surface area contributed by atoms with E-state index in [1.165, 1.54) is 0 Å². The van der Waals surface area contributed by atoms with Gasteiger partial charge in [-0.15, -0.1) is 5.10 Å². The van der Waals surface area contributed by atoms with Crippen LogP contribution in [0.2, 0.25) is 0 Å². The summed E-state index contributed by atoms with van der Waals surface area (Å²) >= 11 is 0. The Bertz CT molecular complexity index is 976. The Morgan fingerprint density at radius 2 is 1.88 bits per heavy atom. The summed E-state index contributed by atoms with van der Waals surface area (Å²) in [5.74, 6) is -0.637. The highest BCUT2D eigenvalue weighted by Gasteiger charge is 2.48. The molecule has 10 nitrogen and oxygen atoms in total. The zero-order chi connectivity index (χ0) is 18.3. The molecule has 2 fully saturated rings. The Kier molecular flexibility index (Phi) is 3.67. The second-order valence-electron chi connectivity index (χ2n) is 6.44. The van der Waals surface area contributed by atoms with Crippen LogP contribution in [0.1, 0.15) is 12.8 Å². The highest BCUT2D eigenvalue weighted by molar-refractivity contribution is 6.07. The van der Waals surface area contributed by atoms with Crippen molar-refractivity contribution in [1.82, 2.24) is 30.5 Å². The minimum atomic E-state index is -0.937. The molecule has 0 atom stereocenters. The molecule has 1 aromatic heterocycles. The van der Waals surface area contributed by atoms with Crippen LogP contribution in [0.25, 0.3) is 10.9 Å². The van der Waals surface area contributed by atoms with Crippen molar-refractivity contribution in [3.05, 3.63) is 34.6 Å². The molecule has 2 aliphatic heterocycles. The van der Waals surface area contributed by atoms with Crippen molar-refractivity contribution in [2.24, 2.45) is 0 Å². The number of rotatable bonds is 2. The molecule has 3 heterocycles. The van der Waals surface area contributed by atoms with Crippen molar-refractivity contribution >= 4 is 28.7 Å². The number of benzene rings is 1. The van der Waals surface area contributed by atoms with Crippen LogP contribution in [0.5, 0.6) is 0 Å². The van der Waals surface area contributed by atoms with Crippen LogP contribution in [0.4, 0.5) is 4.79 Å². The predicted octanol–water partition coefficient (Wildman–Crippen LogP) is -1.01. The van der Waals surface area contributed by atoms with Crippen LogP contribution < -0.4 is 16.2 Å². The third-order valence-corrected chi connectivity index (χ3v) is 4.90. The summed E-state index contributed by atoms with van der Waals surface area (Å²) in [4.78, 5) is 49.8. The molecule has 2 aromatic rings. The quantitative estimate of drug-likeness (QED) is 0.664.